The highest BCUT2D eigenvalue weighted by atomic mass is 16.7. The third-order valence-electron chi connectivity index (χ3n) is 5.46. The number of hydrogen-bond acceptors (Lipinski definition) is 6. The number of carbonyl (C=O) groups excluding carboxylic acids is 1. The Balaban J connectivity index is 1.85. The number of methoxy groups -OCH3 is 2. The first-order valence-corrected chi connectivity index (χ1v) is 9.70. The van der Waals surface area contributed by atoms with Crippen LogP contribution in [0.4, 0.5) is 5.69 Å². The molecule has 160 valence electrons. The topological polar surface area (TPSA) is 111 Å². The highest BCUT2D eigenvalue weighted by Gasteiger charge is 2.43. The maximum atomic E-state index is 13.3. The summed E-state index contributed by atoms with van der Waals surface area (Å²) in [7, 11) is 3.04. The van der Waals surface area contributed by atoms with E-state index >= 15 is 0 Å². The predicted octanol–water partition coefficient (Wildman–Crippen LogP) is 3.46. The molecule has 0 saturated heterocycles. The fraction of sp³-hybridized carbons (Fsp3) is 0.273. The summed E-state index contributed by atoms with van der Waals surface area (Å²) in [5.74, 6) is -0.233. The Bertz CT molecular complexity index is 1120. The second kappa shape index (κ2) is 8.29. The first-order chi connectivity index (χ1) is 14.9. The van der Waals surface area contributed by atoms with Crippen molar-refractivity contribution in [1.82, 2.24) is 15.1 Å². The number of aromatic nitrogens is 2. The van der Waals surface area contributed by atoms with Crippen molar-refractivity contribution in [2.45, 2.75) is 19.3 Å². The van der Waals surface area contributed by atoms with Crippen LogP contribution in [-0.2, 0) is 9.47 Å². The SMILES string of the molecule is COC(CN1C(=O)c2[nH]nc(-c3cccc([N+](=O)[O-])c3)c2C1c1ccc(C)cc1)OC. The molecular formula is C22H22N4O5. The lowest BCUT2D eigenvalue weighted by atomic mass is 9.95. The molecule has 9 nitrogen and oxygen atoms in total. The Morgan fingerprint density at radius 1 is 1.19 bits per heavy atom. The minimum absolute atomic E-state index is 0.0406. The molecule has 1 N–H and O–H groups in total. The van der Waals surface area contributed by atoms with Crippen LogP contribution in [0.1, 0.15) is 33.2 Å². The Kier molecular flexibility index (Phi) is 5.53. The first-order valence-electron chi connectivity index (χ1n) is 9.70. The molecule has 2 heterocycles. The summed E-state index contributed by atoms with van der Waals surface area (Å²) < 4.78 is 10.7. The van der Waals surface area contributed by atoms with E-state index in [1.807, 2.05) is 31.2 Å². The molecule has 31 heavy (non-hydrogen) atoms. The summed E-state index contributed by atoms with van der Waals surface area (Å²) in [6, 6.07) is 13.7. The van der Waals surface area contributed by atoms with Gasteiger partial charge in [-0.25, -0.2) is 0 Å². The molecule has 1 aliphatic heterocycles. The van der Waals surface area contributed by atoms with Gasteiger partial charge in [-0.15, -0.1) is 0 Å². The number of aromatic amines is 1. The van der Waals surface area contributed by atoms with Gasteiger partial charge >= 0.3 is 0 Å². The van der Waals surface area contributed by atoms with Crippen molar-refractivity contribution < 1.29 is 19.2 Å². The predicted molar refractivity (Wildman–Crippen MR) is 113 cm³/mol. The van der Waals surface area contributed by atoms with Gasteiger partial charge in [-0.05, 0) is 12.5 Å². The number of fused-ring (bicyclic) bond motifs is 1. The average molecular weight is 422 g/mol. The van der Waals surface area contributed by atoms with E-state index in [0.29, 0.717) is 22.5 Å². The number of H-pyrrole nitrogens is 1. The maximum Gasteiger partial charge on any atom is 0.273 e. The highest BCUT2D eigenvalue weighted by molar-refractivity contribution is 6.00. The lowest BCUT2D eigenvalue weighted by molar-refractivity contribution is -0.384. The molecule has 0 radical (unpaired) electrons. The summed E-state index contributed by atoms with van der Waals surface area (Å²) in [5.41, 5.74) is 4.06. The van der Waals surface area contributed by atoms with Gasteiger partial charge < -0.3 is 14.4 Å². The average Bonchev–Trinajstić information content (AvgIpc) is 3.32. The molecule has 0 saturated carbocycles. The van der Waals surface area contributed by atoms with Gasteiger partial charge in [0.15, 0.2) is 6.29 Å². The molecule has 1 aromatic heterocycles. The number of non-ortho nitro benzene ring substituents is 1. The fourth-order valence-corrected chi connectivity index (χ4v) is 3.87. The van der Waals surface area contributed by atoms with Gasteiger partial charge in [-0.2, -0.15) is 5.10 Å². The molecule has 0 fully saturated rings. The largest absolute Gasteiger partial charge is 0.354 e. The molecule has 1 amide bonds. The van der Waals surface area contributed by atoms with Crippen LogP contribution in [0.15, 0.2) is 48.5 Å². The van der Waals surface area contributed by atoms with Crippen LogP contribution in [0.25, 0.3) is 11.3 Å². The van der Waals surface area contributed by atoms with Gasteiger partial charge in [0.25, 0.3) is 11.6 Å². The van der Waals surface area contributed by atoms with Gasteiger partial charge in [0.05, 0.1) is 23.2 Å². The van der Waals surface area contributed by atoms with Crippen molar-refractivity contribution in [2.75, 3.05) is 20.8 Å². The van der Waals surface area contributed by atoms with E-state index in [1.165, 1.54) is 26.4 Å². The normalized spacial score (nSPS) is 15.5. The summed E-state index contributed by atoms with van der Waals surface area (Å²) >= 11 is 0. The van der Waals surface area contributed by atoms with Crippen LogP contribution in [0.3, 0.4) is 0 Å². The number of nitro groups is 1. The summed E-state index contributed by atoms with van der Waals surface area (Å²) in [6.07, 6.45) is -0.602. The molecule has 1 atom stereocenters. The molecule has 0 aliphatic carbocycles. The number of nitro benzene ring substituents is 1. The van der Waals surface area contributed by atoms with Crippen molar-refractivity contribution in [3.05, 3.63) is 81.0 Å². The molecule has 0 bridgehead atoms. The van der Waals surface area contributed by atoms with Crippen LogP contribution in [-0.4, -0.2) is 53.0 Å². The molecule has 1 aliphatic rings. The fourth-order valence-electron chi connectivity index (χ4n) is 3.87. The van der Waals surface area contributed by atoms with E-state index in [1.54, 1.807) is 17.0 Å². The zero-order valence-corrected chi connectivity index (χ0v) is 17.4. The van der Waals surface area contributed by atoms with E-state index in [9.17, 15) is 14.9 Å². The van der Waals surface area contributed by atoms with Crippen molar-refractivity contribution in [3.63, 3.8) is 0 Å². The minimum Gasteiger partial charge on any atom is -0.354 e. The Morgan fingerprint density at radius 2 is 1.90 bits per heavy atom. The van der Waals surface area contributed by atoms with Gasteiger partial charge in [0.2, 0.25) is 0 Å². The third-order valence-corrected chi connectivity index (χ3v) is 5.46. The molecule has 3 aromatic rings. The third kappa shape index (κ3) is 3.69. The molecular weight excluding hydrogens is 400 g/mol. The lowest BCUT2D eigenvalue weighted by Crippen LogP contribution is -2.38. The Morgan fingerprint density at radius 3 is 2.55 bits per heavy atom. The standard InChI is InChI=1S/C22H22N4O5/c1-13-7-9-14(10-8-13)21-18-19(15-5-4-6-16(11-15)26(28)29)23-24-20(18)22(27)25(21)12-17(30-2)31-3/h4-11,17,21H,12H2,1-3H3,(H,23,24). The molecule has 2 aromatic carbocycles. The minimum atomic E-state index is -0.602. The van der Waals surface area contributed by atoms with Crippen LogP contribution in [0, 0.1) is 17.0 Å². The van der Waals surface area contributed by atoms with Gasteiger partial charge in [-0.3, -0.25) is 20.0 Å². The van der Waals surface area contributed by atoms with Crippen LogP contribution in [0.5, 0.6) is 0 Å². The van der Waals surface area contributed by atoms with Crippen molar-refractivity contribution in [3.8, 4) is 11.3 Å². The highest BCUT2D eigenvalue weighted by Crippen LogP contribution is 2.43. The smallest absolute Gasteiger partial charge is 0.273 e. The van der Waals surface area contributed by atoms with Crippen LogP contribution >= 0.6 is 0 Å². The van der Waals surface area contributed by atoms with E-state index in [0.717, 1.165) is 11.1 Å². The number of nitrogens with one attached hydrogen (secondary N) is 1. The van der Waals surface area contributed by atoms with Gasteiger partial charge in [0.1, 0.15) is 5.69 Å². The summed E-state index contributed by atoms with van der Waals surface area (Å²) in [5, 5.41) is 18.4. The number of ether oxygens (including phenoxy) is 2. The van der Waals surface area contributed by atoms with E-state index in [4.69, 9.17) is 9.47 Å². The molecule has 4 rings (SSSR count). The van der Waals surface area contributed by atoms with E-state index in [-0.39, 0.29) is 18.1 Å². The number of aryl methyl sites for hydroxylation is 1. The molecule has 1 unspecified atom stereocenters. The quantitative estimate of drug-likeness (QED) is 0.355. The van der Waals surface area contributed by atoms with Crippen molar-refractivity contribution in [1.29, 1.82) is 0 Å². The number of carbonyl (C=O) groups is 1. The number of benzene rings is 2. The Labute approximate surface area is 178 Å². The number of hydrogen-bond donors (Lipinski definition) is 1. The second-order valence-corrected chi connectivity index (χ2v) is 7.34. The monoisotopic (exact) mass is 422 g/mol. The Hall–Kier alpha value is -3.56. The van der Waals surface area contributed by atoms with Crippen molar-refractivity contribution >= 4 is 11.6 Å². The van der Waals surface area contributed by atoms with Gasteiger partial charge in [-0.1, -0.05) is 42.0 Å². The summed E-state index contributed by atoms with van der Waals surface area (Å²) in [4.78, 5) is 25.7. The number of nitrogens with zero attached hydrogens (tertiary/aromatic N) is 3. The molecule has 9 heteroatoms. The number of rotatable bonds is 7. The summed E-state index contributed by atoms with van der Waals surface area (Å²) in [6.45, 7) is 2.20. The number of amides is 1. The maximum absolute atomic E-state index is 13.3. The van der Waals surface area contributed by atoms with Crippen LogP contribution < -0.4 is 0 Å². The zero-order valence-electron chi connectivity index (χ0n) is 17.4. The van der Waals surface area contributed by atoms with E-state index < -0.39 is 17.3 Å². The van der Waals surface area contributed by atoms with E-state index in [2.05, 4.69) is 10.2 Å². The second-order valence-electron chi connectivity index (χ2n) is 7.34. The van der Waals surface area contributed by atoms with Crippen molar-refractivity contribution in [2.24, 2.45) is 0 Å². The molecule has 0 spiro atoms. The zero-order chi connectivity index (χ0) is 22.1. The van der Waals surface area contributed by atoms with Crippen LogP contribution in [0.2, 0.25) is 0 Å². The lowest BCUT2D eigenvalue weighted by Gasteiger charge is -2.29. The first kappa shape index (κ1) is 20.7. The van der Waals surface area contributed by atoms with Gasteiger partial charge in [0, 0.05) is 37.5 Å².